The van der Waals surface area contributed by atoms with Crippen molar-refractivity contribution in [2.24, 2.45) is 0 Å². The Kier molecular flexibility index (Phi) is 8.26. The molecule has 1 aromatic rings. The highest BCUT2D eigenvalue weighted by Crippen LogP contribution is 2.28. The van der Waals surface area contributed by atoms with Gasteiger partial charge in [0, 0.05) is 12.3 Å². The van der Waals surface area contributed by atoms with E-state index in [-0.39, 0.29) is 5.91 Å². The Morgan fingerprint density at radius 2 is 1.71 bits per heavy atom. The highest BCUT2D eigenvalue weighted by Gasteiger charge is 2.33. The standard InChI is InChI=1S/C20H33NO3/c1-7-10-11-12-20(6,24-9-3)19(22)21-17-13-15(4)18(23-8-2)16(5)14-17/h13-14H,7-12H2,1-6H3,(H,21,22)/t20-/m1/s1. The van der Waals surface area contributed by atoms with Crippen molar-refractivity contribution in [2.45, 2.75) is 72.8 Å². The van der Waals surface area contributed by atoms with E-state index in [2.05, 4.69) is 12.2 Å². The lowest BCUT2D eigenvalue weighted by Crippen LogP contribution is -2.42. The summed E-state index contributed by atoms with van der Waals surface area (Å²) in [5.41, 5.74) is 2.05. The van der Waals surface area contributed by atoms with Crippen molar-refractivity contribution in [1.29, 1.82) is 0 Å². The van der Waals surface area contributed by atoms with E-state index in [1.54, 1.807) is 0 Å². The number of amides is 1. The first-order chi connectivity index (χ1) is 11.4. The Bertz CT molecular complexity index is 519. The topological polar surface area (TPSA) is 47.6 Å². The molecule has 1 amide bonds. The van der Waals surface area contributed by atoms with Gasteiger partial charge in [0.05, 0.1) is 6.61 Å². The van der Waals surface area contributed by atoms with Gasteiger partial charge in [0.2, 0.25) is 0 Å². The Hall–Kier alpha value is -1.55. The van der Waals surface area contributed by atoms with Crippen LogP contribution in [0.3, 0.4) is 0 Å². The summed E-state index contributed by atoms with van der Waals surface area (Å²) in [6.07, 6.45) is 3.95. The molecule has 4 nitrogen and oxygen atoms in total. The van der Waals surface area contributed by atoms with Gasteiger partial charge in [-0.25, -0.2) is 0 Å². The number of nitrogens with one attached hydrogen (secondary N) is 1. The number of benzene rings is 1. The minimum atomic E-state index is -0.787. The molecular weight excluding hydrogens is 302 g/mol. The van der Waals surface area contributed by atoms with Gasteiger partial charge in [-0.3, -0.25) is 4.79 Å². The number of unbranched alkanes of at least 4 members (excludes halogenated alkanes) is 2. The molecule has 0 aromatic heterocycles. The van der Waals surface area contributed by atoms with Crippen molar-refractivity contribution in [1.82, 2.24) is 0 Å². The van der Waals surface area contributed by atoms with Gasteiger partial charge in [-0.2, -0.15) is 0 Å². The SMILES string of the molecule is CCCCC[C@@](C)(OCC)C(=O)Nc1cc(C)c(OCC)c(C)c1. The van der Waals surface area contributed by atoms with Crippen LogP contribution in [0, 0.1) is 13.8 Å². The number of carbonyl (C=O) groups excluding carboxylic acids is 1. The maximum atomic E-state index is 12.8. The first kappa shape index (κ1) is 20.5. The molecule has 1 N–H and O–H groups in total. The second-order valence-corrected chi connectivity index (χ2v) is 6.45. The van der Waals surface area contributed by atoms with E-state index in [1.807, 2.05) is 46.8 Å². The van der Waals surface area contributed by atoms with Crippen LogP contribution in [-0.4, -0.2) is 24.7 Å². The first-order valence-electron chi connectivity index (χ1n) is 9.07. The normalized spacial score (nSPS) is 13.4. The molecule has 0 saturated carbocycles. The molecule has 0 unspecified atom stereocenters. The Balaban J connectivity index is 2.90. The smallest absolute Gasteiger partial charge is 0.256 e. The fraction of sp³-hybridized carbons (Fsp3) is 0.650. The lowest BCUT2D eigenvalue weighted by Gasteiger charge is -2.28. The molecule has 0 heterocycles. The lowest BCUT2D eigenvalue weighted by atomic mass is 9.96. The van der Waals surface area contributed by atoms with E-state index in [9.17, 15) is 4.79 Å². The van der Waals surface area contributed by atoms with E-state index >= 15 is 0 Å². The summed E-state index contributed by atoms with van der Waals surface area (Å²) in [5, 5.41) is 3.03. The zero-order valence-corrected chi connectivity index (χ0v) is 16.1. The average molecular weight is 335 g/mol. The van der Waals surface area contributed by atoms with Gasteiger partial charge in [0.25, 0.3) is 5.91 Å². The molecule has 1 aromatic carbocycles. The fourth-order valence-electron chi connectivity index (χ4n) is 2.94. The maximum absolute atomic E-state index is 12.8. The summed E-state index contributed by atoms with van der Waals surface area (Å²) in [4.78, 5) is 12.8. The van der Waals surface area contributed by atoms with Crippen molar-refractivity contribution < 1.29 is 14.3 Å². The summed E-state index contributed by atoms with van der Waals surface area (Å²) in [7, 11) is 0. The monoisotopic (exact) mass is 335 g/mol. The number of hydrogen-bond acceptors (Lipinski definition) is 3. The van der Waals surface area contributed by atoms with E-state index in [1.165, 1.54) is 0 Å². The number of hydrogen-bond donors (Lipinski definition) is 1. The predicted molar refractivity (Wildman–Crippen MR) is 99.9 cm³/mol. The van der Waals surface area contributed by atoms with Crippen molar-refractivity contribution in [3.63, 3.8) is 0 Å². The van der Waals surface area contributed by atoms with Gasteiger partial charge in [-0.15, -0.1) is 0 Å². The molecule has 0 aliphatic carbocycles. The molecule has 0 aliphatic heterocycles. The number of rotatable bonds is 10. The largest absolute Gasteiger partial charge is 0.493 e. The van der Waals surface area contributed by atoms with E-state index < -0.39 is 5.60 Å². The highest BCUT2D eigenvalue weighted by atomic mass is 16.5. The van der Waals surface area contributed by atoms with E-state index in [0.29, 0.717) is 13.2 Å². The number of aryl methyl sites for hydroxylation is 2. The number of ether oxygens (including phenoxy) is 2. The van der Waals surface area contributed by atoms with Crippen LogP contribution in [0.1, 0.15) is 64.5 Å². The van der Waals surface area contributed by atoms with Crippen LogP contribution in [0.2, 0.25) is 0 Å². The minimum Gasteiger partial charge on any atom is -0.493 e. The molecule has 24 heavy (non-hydrogen) atoms. The Morgan fingerprint density at radius 1 is 1.08 bits per heavy atom. The maximum Gasteiger partial charge on any atom is 0.256 e. The van der Waals surface area contributed by atoms with Crippen molar-refractivity contribution in [3.8, 4) is 5.75 Å². The van der Waals surface area contributed by atoms with Gasteiger partial charge in [-0.1, -0.05) is 26.2 Å². The van der Waals surface area contributed by atoms with Crippen LogP contribution in [-0.2, 0) is 9.53 Å². The van der Waals surface area contributed by atoms with Gasteiger partial charge in [0.1, 0.15) is 11.4 Å². The van der Waals surface area contributed by atoms with Gasteiger partial charge in [-0.05, 0) is 64.3 Å². The summed E-state index contributed by atoms with van der Waals surface area (Å²) >= 11 is 0. The molecular formula is C20H33NO3. The van der Waals surface area contributed by atoms with E-state index in [4.69, 9.17) is 9.47 Å². The van der Waals surface area contributed by atoms with Crippen molar-refractivity contribution >= 4 is 11.6 Å². The zero-order chi connectivity index (χ0) is 18.2. The van der Waals surface area contributed by atoms with Crippen molar-refractivity contribution in [2.75, 3.05) is 18.5 Å². The number of carbonyl (C=O) groups is 1. The molecule has 4 heteroatoms. The van der Waals surface area contributed by atoms with Gasteiger partial charge >= 0.3 is 0 Å². The lowest BCUT2D eigenvalue weighted by molar-refractivity contribution is -0.139. The van der Waals surface area contributed by atoms with Crippen LogP contribution < -0.4 is 10.1 Å². The third-order valence-electron chi connectivity index (χ3n) is 4.21. The first-order valence-corrected chi connectivity index (χ1v) is 9.07. The highest BCUT2D eigenvalue weighted by molar-refractivity contribution is 5.97. The second kappa shape index (κ2) is 9.67. The average Bonchev–Trinajstić information content (AvgIpc) is 2.51. The molecule has 0 fully saturated rings. The molecule has 1 rings (SSSR count). The van der Waals surface area contributed by atoms with Crippen LogP contribution in [0.25, 0.3) is 0 Å². The predicted octanol–water partition coefficient (Wildman–Crippen LogP) is 5.02. The molecule has 0 bridgehead atoms. The zero-order valence-electron chi connectivity index (χ0n) is 16.1. The molecule has 136 valence electrons. The summed E-state index contributed by atoms with van der Waals surface area (Å²) in [5.74, 6) is 0.814. The summed E-state index contributed by atoms with van der Waals surface area (Å²) in [6, 6.07) is 3.91. The minimum absolute atomic E-state index is 0.0802. The van der Waals surface area contributed by atoms with Gasteiger partial charge in [0.15, 0.2) is 0 Å². The number of anilines is 1. The van der Waals surface area contributed by atoms with Crippen molar-refractivity contribution in [3.05, 3.63) is 23.3 Å². The third kappa shape index (κ3) is 5.52. The quantitative estimate of drug-likeness (QED) is 0.611. The van der Waals surface area contributed by atoms with Crippen LogP contribution in [0.15, 0.2) is 12.1 Å². The molecule has 0 aliphatic rings. The summed E-state index contributed by atoms with van der Waals surface area (Å²) < 4.78 is 11.5. The fourth-order valence-corrected chi connectivity index (χ4v) is 2.94. The van der Waals surface area contributed by atoms with Crippen LogP contribution in [0.5, 0.6) is 5.75 Å². The van der Waals surface area contributed by atoms with Gasteiger partial charge < -0.3 is 14.8 Å². The molecule has 0 radical (unpaired) electrons. The van der Waals surface area contributed by atoms with E-state index in [0.717, 1.165) is 48.2 Å². The molecule has 0 spiro atoms. The summed E-state index contributed by atoms with van der Waals surface area (Å²) in [6.45, 7) is 13.1. The van der Waals surface area contributed by atoms with Crippen LogP contribution >= 0.6 is 0 Å². The second-order valence-electron chi connectivity index (χ2n) is 6.45. The Labute approximate surface area is 146 Å². The third-order valence-corrected chi connectivity index (χ3v) is 4.21. The molecule has 1 atom stereocenters. The molecule has 0 saturated heterocycles. The van der Waals surface area contributed by atoms with Crippen LogP contribution in [0.4, 0.5) is 5.69 Å². The Morgan fingerprint density at radius 3 is 2.21 bits per heavy atom.